The molecule has 11 radical (unpaired) electrons. The zero-order valence-corrected chi connectivity index (χ0v) is 6.52. The standard InChI is InChI=1S/2Al.Mg.Mn.Si.2H. The molecule has 5 heavy (non-hydrogen) atoms. The topological polar surface area (TPSA) is 0 Å². The molecule has 0 atom stereocenters. The van der Waals surface area contributed by atoms with Crippen LogP contribution in [0.1, 0.15) is 0 Å². The van der Waals surface area contributed by atoms with Gasteiger partial charge < -0.3 is 0 Å². The van der Waals surface area contributed by atoms with Crippen LogP contribution in [0, 0.1) is 0 Å². The monoisotopic (exact) mass is 163 g/mol. The molecule has 0 heterocycles. The van der Waals surface area contributed by atoms with Crippen molar-refractivity contribution in [1.82, 2.24) is 0 Å². The minimum Gasteiger partial charge on any atom is 0 e. The van der Waals surface area contributed by atoms with Gasteiger partial charge in [0.25, 0.3) is 0 Å². The van der Waals surface area contributed by atoms with Gasteiger partial charge in [0.1, 0.15) is 0 Å². The van der Waals surface area contributed by atoms with Gasteiger partial charge in [-0.05, 0) is 0 Å². The van der Waals surface area contributed by atoms with E-state index in [0.29, 0.717) is 0 Å². The quantitative estimate of drug-likeness (QED) is 0.360. The molecule has 0 aromatic carbocycles. The molecular weight excluding hydrogens is 161 g/mol. The van der Waals surface area contributed by atoms with Gasteiger partial charge in [-0.3, -0.25) is 0 Å². The van der Waals surface area contributed by atoms with Gasteiger partial charge in [-0.25, -0.2) is 0 Å². The van der Waals surface area contributed by atoms with Gasteiger partial charge in [0.05, 0.1) is 0 Å². The van der Waals surface area contributed by atoms with E-state index in [1.54, 1.807) is 0 Å². The molecule has 0 fully saturated rings. The van der Waals surface area contributed by atoms with Crippen LogP contribution in [0.15, 0.2) is 0 Å². The fraction of sp³-hybridized carbons (Fsp3) is 0. The summed E-state index contributed by atoms with van der Waals surface area (Å²) in [4.78, 5) is 0. The molecule has 0 unspecified atom stereocenters. The Bertz CT molecular complexity index is 9.61. The average Bonchev–Trinajstić information content (AvgIpc) is 0. The van der Waals surface area contributed by atoms with Crippen molar-refractivity contribution in [2.24, 2.45) is 0 Å². The molecule has 0 aliphatic rings. The Hall–Kier alpha value is 2.57. The van der Waals surface area contributed by atoms with Crippen molar-refractivity contribution >= 4 is 68.7 Å². The first kappa shape index (κ1) is 49.5. The Morgan fingerprint density at radius 3 is 0.800 bits per heavy atom. The summed E-state index contributed by atoms with van der Waals surface area (Å²) in [5.74, 6) is 0. The summed E-state index contributed by atoms with van der Waals surface area (Å²) in [5, 5.41) is 0. The fourth-order valence-electron chi connectivity index (χ4n) is 0. The van der Waals surface area contributed by atoms with Crippen LogP contribution in [-0.2, 0) is 17.1 Å². The molecule has 0 N–H and O–H groups in total. The Labute approximate surface area is 84.8 Å². The average molecular weight is 163 g/mol. The van der Waals surface area contributed by atoms with E-state index >= 15 is 0 Å². The van der Waals surface area contributed by atoms with Crippen LogP contribution in [0.25, 0.3) is 0 Å². The van der Waals surface area contributed by atoms with Gasteiger partial charge in [0.15, 0.2) is 0 Å². The second-order valence-corrected chi connectivity index (χ2v) is 0. The SMILES string of the molecule is [Al].[Al].[MgH2].[Mn].[Si]. The van der Waals surface area contributed by atoms with Crippen molar-refractivity contribution in [3.05, 3.63) is 0 Å². The van der Waals surface area contributed by atoms with Gasteiger partial charge in [0, 0.05) is 62.8 Å². The zero-order chi connectivity index (χ0) is 0. The predicted octanol–water partition coefficient (Wildman–Crippen LogP) is -2.06. The minimum absolute atomic E-state index is 0. The van der Waals surface area contributed by atoms with E-state index in [2.05, 4.69) is 0 Å². The number of hydrogen-bond acceptors (Lipinski definition) is 0. The molecule has 21 valence electrons. The molecular formula is H2Al2MgMnSi. The smallest absolute Gasteiger partial charge is 0 e. The van der Waals surface area contributed by atoms with E-state index in [4.69, 9.17) is 0 Å². The van der Waals surface area contributed by atoms with E-state index in [-0.39, 0.29) is 85.8 Å². The van der Waals surface area contributed by atoms with E-state index in [0.717, 1.165) is 0 Å². The molecule has 0 saturated carbocycles. The Morgan fingerprint density at radius 1 is 0.800 bits per heavy atom. The fourth-order valence-corrected chi connectivity index (χ4v) is 0. The molecule has 0 saturated heterocycles. The molecule has 0 bridgehead atoms. The molecule has 0 aliphatic heterocycles. The van der Waals surface area contributed by atoms with Crippen LogP contribution in [0.3, 0.4) is 0 Å². The van der Waals surface area contributed by atoms with Crippen LogP contribution in [0.5, 0.6) is 0 Å². The summed E-state index contributed by atoms with van der Waals surface area (Å²) in [6.45, 7) is 0. The maximum atomic E-state index is 0. The van der Waals surface area contributed by atoms with E-state index in [1.165, 1.54) is 0 Å². The summed E-state index contributed by atoms with van der Waals surface area (Å²) in [5.41, 5.74) is 0. The summed E-state index contributed by atoms with van der Waals surface area (Å²) in [6, 6.07) is 0. The molecule has 0 aliphatic carbocycles. The first-order valence-electron chi connectivity index (χ1n) is 0. The van der Waals surface area contributed by atoms with Crippen molar-refractivity contribution in [3.8, 4) is 0 Å². The zero-order valence-electron chi connectivity index (χ0n) is 2.03. The summed E-state index contributed by atoms with van der Waals surface area (Å²) >= 11 is 0. The summed E-state index contributed by atoms with van der Waals surface area (Å²) in [6.07, 6.45) is 0. The maximum absolute atomic E-state index is 0. The van der Waals surface area contributed by atoms with Crippen molar-refractivity contribution in [3.63, 3.8) is 0 Å². The molecule has 0 amide bonds. The molecule has 0 spiro atoms. The van der Waals surface area contributed by atoms with Crippen molar-refractivity contribution in [2.75, 3.05) is 0 Å². The van der Waals surface area contributed by atoms with Crippen molar-refractivity contribution < 1.29 is 17.1 Å². The molecule has 0 aromatic heterocycles. The van der Waals surface area contributed by atoms with Gasteiger partial charge in [0.2, 0.25) is 0 Å². The van der Waals surface area contributed by atoms with Crippen LogP contribution in [-0.4, -0.2) is 68.7 Å². The van der Waals surface area contributed by atoms with Crippen LogP contribution < -0.4 is 0 Å². The molecule has 0 nitrogen and oxygen atoms in total. The molecule has 0 aromatic rings. The predicted molar refractivity (Wildman–Crippen MR) is 25.8 cm³/mol. The van der Waals surface area contributed by atoms with Crippen LogP contribution in [0.4, 0.5) is 0 Å². The minimum atomic E-state index is 0. The Kier molecular flexibility index (Phi) is 306. The number of rotatable bonds is 0. The summed E-state index contributed by atoms with van der Waals surface area (Å²) in [7, 11) is 0. The first-order valence-corrected chi connectivity index (χ1v) is 0. The normalized spacial score (nSPS) is 0. The third-order valence-corrected chi connectivity index (χ3v) is 0. The first-order chi connectivity index (χ1) is 0. The van der Waals surface area contributed by atoms with Gasteiger partial charge in [-0.1, -0.05) is 0 Å². The van der Waals surface area contributed by atoms with Gasteiger partial charge in [-0.15, -0.1) is 0 Å². The second-order valence-electron chi connectivity index (χ2n) is 0. The largest absolute Gasteiger partial charge is 0.316 e. The number of hydrogen-bond donors (Lipinski definition) is 0. The van der Waals surface area contributed by atoms with Crippen molar-refractivity contribution in [2.45, 2.75) is 0 Å². The molecule has 0 rings (SSSR count). The molecule has 5 heteroatoms. The third-order valence-electron chi connectivity index (χ3n) is 0. The Morgan fingerprint density at radius 2 is 0.800 bits per heavy atom. The van der Waals surface area contributed by atoms with Crippen LogP contribution >= 0.6 is 0 Å². The summed E-state index contributed by atoms with van der Waals surface area (Å²) < 4.78 is 0. The van der Waals surface area contributed by atoms with E-state index in [9.17, 15) is 0 Å². The van der Waals surface area contributed by atoms with Crippen molar-refractivity contribution in [1.29, 1.82) is 0 Å². The third kappa shape index (κ3) is 20.8. The van der Waals surface area contributed by atoms with Gasteiger partial charge in [-0.2, -0.15) is 0 Å². The van der Waals surface area contributed by atoms with E-state index in [1.807, 2.05) is 0 Å². The van der Waals surface area contributed by atoms with E-state index < -0.39 is 0 Å². The van der Waals surface area contributed by atoms with Gasteiger partial charge >= 0.3 is 23.1 Å². The second kappa shape index (κ2) is 30.9. The maximum Gasteiger partial charge on any atom is 0.316 e. The van der Waals surface area contributed by atoms with Crippen LogP contribution in [0.2, 0.25) is 0 Å². The Balaban J connectivity index is 0.